The van der Waals surface area contributed by atoms with Crippen LogP contribution in [0.5, 0.6) is 17.2 Å². The van der Waals surface area contributed by atoms with Gasteiger partial charge in [-0.2, -0.15) is 0 Å². The highest BCUT2D eigenvalue weighted by Gasteiger charge is 2.12. The van der Waals surface area contributed by atoms with Crippen LogP contribution < -0.4 is 14.8 Å². The van der Waals surface area contributed by atoms with Crippen molar-refractivity contribution in [2.24, 2.45) is 0 Å². The van der Waals surface area contributed by atoms with Crippen molar-refractivity contribution >= 4 is 17.6 Å². The van der Waals surface area contributed by atoms with Crippen LogP contribution in [0, 0.1) is 0 Å². The van der Waals surface area contributed by atoms with Crippen LogP contribution >= 0.6 is 0 Å². The maximum Gasteiger partial charge on any atom is 0.337 e. The number of anilines is 1. The van der Waals surface area contributed by atoms with Gasteiger partial charge in [-0.3, -0.25) is 4.79 Å². The van der Waals surface area contributed by atoms with E-state index in [1.54, 1.807) is 42.5 Å². The van der Waals surface area contributed by atoms with Crippen LogP contribution in [-0.2, 0) is 11.2 Å². The van der Waals surface area contributed by atoms with Crippen molar-refractivity contribution in [2.45, 2.75) is 26.2 Å². The molecule has 2 N–H and O–H groups in total. The Morgan fingerprint density at radius 2 is 1.48 bits per heavy atom. The summed E-state index contributed by atoms with van der Waals surface area (Å²) < 4.78 is 11.5. The van der Waals surface area contributed by atoms with Crippen molar-refractivity contribution in [3.05, 3.63) is 83.9 Å². The largest absolute Gasteiger partial charge is 0.494 e. The molecule has 0 aliphatic carbocycles. The lowest BCUT2D eigenvalue weighted by molar-refractivity contribution is -0.115. The number of carbonyl (C=O) groups excluding carboxylic acids is 1. The standard InChI is InChI=1S/C25H25NO5/c1-2-3-16-30-19-12-14-21(15-13-19)31-20-10-8-18(9-11-20)17-24(27)26-23-7-5-4-6-22(23)25(28)29/h4-15H,2-3,16-17H2,1H3,(H,26,27)(H,28,29). The van der Waals surface area contributed by atoms with Gasteiger partial charge in [0.25, 0.3) is 0 Å². The molecule has 0 atom stereocenters. The smallest absolute Gasteiger partial charge is 0.337 e. The molecule has 6 nitrogen and oxygen atoms in total. The van der Waals surface area contributed by atoms with Crippen LogP contribution in [0.4, 0.5) is 5.69 Å². The van der Waals surface area contributed by atoms with Gasteiger partial charge in [-0.05, 0) is 60.5 Å². The summed E-state index contributed by atoms with van der Waals surface area (Å²) in [7, 11) is 0. The van der Waals surface area contributed by atoms with Crippen molar-refractivity contribution < 1.29 is 24.2 Å². The zero-order chi connectivity index (χ0) is 22.1. The molecule has 0 bridgehead atoms. The molecule has 0 fully saturated rings. The highest BCUT2D eigenvalue weighted by atomic mass is 16.5. The van der Waals surface area contributed by atoms with Gasteiger partial charge in [-0.15, -0.1) is 0 Å². The molecule has 0 aliphatic rings. The first-order chi connectivity index (χ1) is 15.0. The Morgan fingerprint density at radius 1 is 0.871 bits per heavy atom. The lowest BCUT2D eigenvalue weighted by Crippen LogP contribution is -2.16. The van der Waals surface area contributed by atoms with Crippen molar-refractivity contribution in [2.75, 3.05) is 11.9 Å². The fourth-order valence-corrected chi connectivity index (χ4v) is 2.91. The van der Waals surface area contributed by atoms with Gasteiger partial charge in [-0.25, -0.2) is 4.79 Å². The third kappa shape index (κ3) is 6.60. The molecule has 1 amide bonds. The number of aromatic carboxylic acids is 1. The third-order valence-electron chi connectivity index (χ3n) is 4.55. The van der Waals surface area contributed by atoms with Crippen molar-refractivity contribution in [3.8, 4) is 17.2 Å². The van der Waals surface area contributed by atoms with Crippen molar-refractivity contribution in [1.82, 2.24) is 0 Å². The highest BCUT2D eigenvalue weighted by molar-refractivity contribution is 6.00. The Balaban J connectivity index is 1.54. The van der Waals surface area contributed by atoms with E-state index in [1.165, 1.54) is 6.07 Å². The quantitative estimate of drug-likeness (QED) is 0.422. The Morgan fingerprint density at radius 3 is 2.13 bits per heavy atom. The van der Waals surface area contributed by atoms with Gasteiger partial charge in [0.2, 0.25) is 5.91 Å². The van der Waals surface area contributed by atoms with E-state index >= 15 is 0 Å². The number of unbranched alkanes of at least 4 members (excludes halogenated alkanes) is 1. The zero-order valence-corrected chi connectivity index (χ0v) is 17.3. The molecule has 0 aliphatic heterocycles. The number of amides is 1. The number of para-hydroxylation sites is 1. The molecule has 160 valence electrons. The summed E-state index contributed by atoms with van der Waals surface area (Å²) in [6.45, 7) is 2.82. The van der Waals surface area contributed by atoms with Crippen molar-refractivity contribution in [1.29, 1.82) is 0 Å². The van der Waals surface area contributed by atoms with E-state index in [0.29, 0.717) is 18.1 Å². The maximum absolute atomic E-state index is 12.3. The zero-order valence-electron chi connectivity index (χ0n) is 17.3. The number of hydrogen-bond donors (Lipinski definition) is 2. The molecular formula is C25H25NO5. The average Bonchev–Trinajstić information content (AvgIpc) is 2.77. The fourth-order valence-electron chi connectivity index (χ4n) is 2.91. The van der Waals surface area contributed by atoms with Crippen LogP contribution in [0.3, 0.4) is 0 Å². The Bertz CT molecular complexity index is 1010. The predicted octanol–water partition coefficient (Wildman–Crippen LogP) is 5.54. The van der Waals surface area contributed by atoms with Crippen molar-refractivity contribution in [3.63, 3.8) is 0 Å². The number of carbonyl (C=O) groups is 2. The molecule has 3 rings (SSSR count). The normalized spacial score (nSPS) is 10.4. The molecule has 0 spiro atoms. The van der Waals surface area contributed by atoms with Gasteiger partial charge in [0.1, 0.15) is 17.2 Å². The summed E-state index contributed by atoms with van der Waals surface area (Å²) in [6, 6.07) is 21.0. The van der Waals surface area contributed by atoms with Gasteiger partial charge in [0.05, 0.1) is 24.3 Å². The Hall–Kier alpha value is -3.80. The minimum atomic E-state index is -1.09. The number of ether oxygens (including phenoxy) is 2. The average molecular weight is 419 g/mol. The van der Waals surface area contributed by atoms with E-state index in [4.69, 9.17) is 9.47 Å². The van der Waals surface area contributed by atoms with E-state index in [2.05, 4.69) is 12.2 Å². The monoisotopic (exact) mass is 419 g/mol. The fraction of sp³-hybridized carbons (Fsp3) is 0.200. The first kappa shape index (κ1) is 21.9. The second kappa shape index (κ2) is 10.8. The van der Waals surface area contributed by atoms with Crippen LogP contribution in [-0.4, -0.2) is 23.6 Å². The molecule has 6 heteroatoms. The van der Waals surface area contributed by atoms with Gasteiger partial charge < -0.3 is 19.9 Å². The van der Waals surface area contributed by atoms with E-state index in [-0.39, 0.29) is 23.6 Å². The van der Waals surface area contributed by atoms with Crippen LogP contribution in [0.15, 0.2) is 72.8 Å². The topological polar surface area (TPSA) is 84.9 Å². The number of carboxylic acid groups (broad SMARTS) is 1. The van der Waals surface area contributed by atoms with Gasteiger partial charge in [0.15, 0.2) is 0 Å². The lowest BCUT2D eigenvalue weighted by Gasteiger charge is -2.10. The summed E-state index contributed by atoms with van der Waals surface area (Å²) in [6.07, 6.45) is 2.24. The lowest BCUT2D eigenvalue weighted by atomic mass is 10.1. The summed E-state index contributed by atoms with van der Waals surface area (Å²) >= 11 is 0. The van der Waals surface area contributed by atoms with E-state index < -0.39 is 5.97 Å². The van der Waals surface area contributed by atoms with E-state index in [9.17, 15) is 14.7 Å². The van der Waals surface area contributed by atoms with Crippen LogP contribution in [0.2, 0.25) is 0 Å². The molecule has 3 aromatic rings. The Labute approximate surface area is 181 Å². The van der Waals surface area contributed by atoms with Gasteiger partial charge in [-0.1, -0.05) is 37.6 Å². The summed E-state index contributed by atoms with van der Waals surface area (Å²) in [5, 5.41) is 11.9. The second-order valence-electron chi connectivity index (χ2n) is 7.00. The number of rotatable bonds is 10. The maximum atomic E-state index is 12.3. The highest BCUT2D eigenvalue weighted by Crippen LogP contribution is 2.24. The summed E-state index contributed by atoms with van der Waals surface area (Å²) in [5.74, 6) is 0.782. The Kier molecular flexibility index (Phi) is 7.65. The van der Waals surface area contributed by atoms with Gasteiger partial charge >= 0.3 is 5.97 Å². The number of benzene rings is 3. The van der Waals surface area contributed by atoms with E-state index in [1.807, 2.05) is 24.3 Å². The molecule has 0 radical (unpaired) electrons. The second-order valence-corrected chi connectivity index (χ2v) is 7.00. The molecule has 0 saturated heterocycles. The summed E-state index contributed by atoms with van der Waals surface area (Å²) in [4.78, 5) is 23.6. The SMILES string of the molecule is CCCCOc1ccc(Oc2ccc(CC(=O)Nc3ccccc3C(=O)O)cc2)cc1. The number of hydrogen-bond acceptors (Lipinski definition) is 4. The number of carboxylic acids is 1. The van der Waals surface area contributed by atoms with E-state index in [0.717, 1.165) is 24.2 Å². The molecule has 0 heterocycles. The first-order valence-electron chi connectivity index (χ1n) is 10.2. The molecular weight excluding hydrogens is 394 g/mol. The third-order valence-corrected chi connectivity index (χ3v) is 4.55. The minimum absolute atomic E-state index is 0.0568. The summed E-state index contributed by atoms with van der Waals surface area (Å²) in [5.41, 5.74) is 1.13. The molecule has 3 aromatic carbocycles. The van der Waals surface area contributed by atoms with Crippen LogP contribution in [0.25, 0.3) is 0 Å². The minimum Gasteiger partial charge on any atom is -0.494 e. The predicted molar refractivity (Wildman–Crippen MR) is 119 cm³/mol. The molecule has 0 unspecified atom stereocenters. The first-order valence-corrected chi connectivity index (χ1v) is 10.2. The number of nitrogens with one attached hydrogen (secondary N) is 1. The molecule has 31 heavy (non-hydrogen) atoms. The van der Waals surface area contributed by atoms with Gasteiger partial charge in [0, 0.05) is 0 Å². The molecule has 0 aromatic heterocycles. The van der Waals surface area contributed by atoms with Crippen LogP contribution in [0.1, 0.15) is 35.7 Å². The molecule has 0 saturated carbocycles.